The maximum atomic E-state index is 13.5. The Kier molecular flexibility index (Phi) is 2.83. The van der Waals surface area contributed by atoms with E-state index in [1.807, 2.05) is 0 Å². The lowest BCUT2D eigenvalue weighted by Crippen LogP contribution is -1.99. The molecule has 3 rings (SSSR count). The third-order valence-corrected chi connectivity index (χ3v) is 3.16. The van der Waals surface area contributed by atoms with Gasteiger partial charge in [-0.15, -0.1) is 0 Å². The monoisotopic (exact) mass is 248 g/mol. The highest BCUT2D eigenvalue weighted by Crippen LogP contribution is 2.26. The molecule has 1 aromatic heterocycles. The van der Waals surface area contributed by atoms with Crippen LogP contribution in [0.1, 0.15) is 23.7 Å². The Balaban J connectivity index is 1.89. The fraction of sp³-hybridized carbons (Fsp3) is 0.385. The molecule has 18 heavy (non-hydrogen) atoms. The van der Waals surface area contributed by atoms with E-state index in [1.165, 1.54) is 6.07 Å². The Morgan fingerprint density at radius 3 is 3.00 bits per heavy atom. The van der Waals surface area contributed by atoms with Crippen molar-refractivity contribution in [1.82, 2.24) is 10.1 Å². The van der Waals surface area contributed by atoms with Gasteiger partial charge in [-0.25, -0.2) is 4.39 Å². The molecule has 0 bridgehead atoms. The van der Waals surface area contributed by atoms with Gasteiger partial charge in [-0.3, -0.25) is 0 Å². The molecule has 0 aliphatic carbocycles. The van der Waals surface area contributed by atoms with Crippen LogP contribution < -0.4 is 0 Å². The fourth-order valence-corrected chi connectivity index (χ4v) is 1.98. The average molecular weight is 248 g/mol. The molecule has 5 heteroatoms. The van der Waals surface area contributed by atoms with Crippen LogP contribution in [0.4, 0.5) is 4.39 Å². The van der Waals surface area contributed by atoms with E-state index in [2.05, 4.69) is 10.1 Å². The lowest BCUT2D eigenvalue weighted by atomic mass is 10.1. The van der Waals surface area contributed by atoms with E-state index in [0.29, 0.717) is 29.4 Å². The molecular weight excluding hydrogens is 235 g/mol. The van der Waals surface area contributed by atoms with Crippen LogP contribution >= 0.6 is 0 Å². The molecule has 2 heterocycles. The Bertz CT molecular complexity index is 562. The summed E-state index contributed by atoms with van der Waals surface area (Å²) in [5.41, 5.74) is 1.21. The minimum atomic E-state index is -0.267. The molecular formula is C13H13FN2O2. The number of halogens is 1. The predicted octanol–water partition coefficient (Wildman–Crippen LogP) is 2.69. The van der Waals surface area contributed by atoms with Crippen LogP contribution in [-0.2, 0) is 4.74 Å². The highest BCUT2D eigenvalue weighted by Gasteiger charge is 2.23. The summed E-state index contributed by atoms with van der Waals surface area (Å²) < 4.78 is 23.9. The van der Waals surface area contributed by atoms with Gasteiger partial charge in [0.05, 0.1) is 6.61 Å². The number of nitrogens with zero attached hydrogens (tertiary/aromatic N) is 2. The lowest BCUT2D eigenvalue weighted by Gasteiger charge is -1.99. The second kappa shape index (κ2) is 4.49. The topological polar surface area (TPSA) is 48.2 Å². The molecule has 1 atom stereocenters. The molecule has 0 N–H and O–H groups in total. The summed E-state index contributed by atoms with van der Waals surface area (Å²) in [6, 6.07) is 4.89. The SMILES string of the molecule is Cc1ccc(-c2nc(C3CCOC3)no2)cc1F. The smallest absolute Gasteiger partial charge is 0.258 e. The maximum absolute atomic E-state index is 13.5. The molecule has 1 aromatic carbocycles. The molecule has 0 spiro atoms. The first-order valence-electron chi connectivity index (χ1n) is 5.92. The van der Waals surface area contributed by atoms with Gasteiger partial charge in [0, 0.05) is 18.1 Å². The van der Waals surface area contributed by atoms with E-state index in [-0.39, 0.29) is 11.7 Å². The zero-order valence-electron chi connectivity index (χ0n) is 10.0. The van der Waals surface area contributed by atoms with Crippen LogP contribution in [0.25, 0.3) is 11.5 Å². The Morgan fingerprint density at radius 1 is 1.39 bits per heavy atom. The highest BCUT2D eigenvalue weighted by molar-refractivity contribution is 5.53. The first-order valence-corrected chi connectivity index (χ1v) is 5.92. The molecule has 1 unspecified atom stereocenters. The summed E-state index contributed by atoms with van der Waals surface area (Å²) in [7, 11) is 0. The van der Waals surface area contributed by atoms with Gasteiger partial charge in [0.2, 0.25) is 0 Å². The van der Waals surface area contributed by atoms with E-state index < -0.39 is 0 Å². The molecule has 1 saturated heterocycles. The maximum Gasteiger partial charge on any atom is 0.258 e. The van der Waals surface area contributed by atoms with Crippen molar-refractivity contribution >= 4 is 0 Å². The largest absolute Gasteiger partial charge is 0.381 e. The van der Waals surface area contributed by atoms with Gasteiger partial charge < -0.3 is 9.26 Å². The van der Waals surface area contributed by atoms with E-state index in [1.54, 1.807) is 19.1 Å². The molecule has 1 fully saturated rings. The second-order valence-electron chi connectivity index (χ2n) is 4.48. The highest BCUT2D eigenvalue weighted by atomic mass is 19.1. The first-order chi connectivity index (χ1) is 8.74. The Morgan fingerprint density at radius 2 is 2.28 bits per heavy atom. The number of hydrogen-bond acceptors (Lipinski definition) is 4. The van der Waals surface area contributed by atoms with Crippen LogP contribution in [-0.4, -0.2) is 23.4 Å². The summed E-state index contributed by atoms with van der Waals surface area (Å²) in [5.74, 6) is 0.925. The van der Waals surface area contributed by atoms with E-state index in [9.17, 15) is 4.39 Å². The van der Waals surface area contributed by atoms with Crippen LogP contribution in [0.2, 0.25) is 0 Å². The van der Waals surface area contributed by atoms with Crippen molar-refractivity contribution in [2.45, 2.75) is 19.3 Å². The van der Waals surface area contributed by atoms with Crippen LogP contribution in [0.15, 0.2) is 22.7 Å². The minimum absolute atomic E-state index is 0.192. The van der Waals surface area contributed by atoms with Crippen LogP contribution in [0.3, 0.4) is 0 Å². The van der Waals surface area contributed by atoms with Crippen molar-refractivity contribution in [3.05, 3.63) is 35.4 Å². The molecule has 4 nitrogen and oxygen atoms in total. The number of ether oxygens (including phenoxy) is 1. The fourth-order valence-electron chi connectivity index (χ4n) is 1.98. The molecule has 94 valence electrons. The second-order valence-corrected chi connectivity index (χ2v) is 4.48. The number of hydrogen-bond donors (Lipinski definition) is 0. The van der Waals surface area contributed by atoms with Gasteiger partial charge in [0.15, 0.2) is 5.82 Å². The Hall–Kier alpha value is -1.75. The van der Waals surface area contributed by atoms with Crippen molar-refractivity contribution < 1.29 is 13.7 Å². The number of benzene rings is 1. The quantitative estimate of drug-likeness (QED) is 0.819. The molecule has 0 amide bonds. The third kappa shape index (κ3) is 2.01. The van der Waals surface area contributed by atoms with Crippen molar-refractivity contribution in [2.24, 2.45) is 0 Å². The summed E-state index contributed by atoms with van der Waals surface area (Å²) >= 11 is 0. The van der Waals surface area contributed by atoms with Gasteiger partial charge in [0.1, 0.15) is 5.82 Å². The van der Waals surface area contributed by atoms with E-state index >= 15 is 0 Å². The molecule has 0 saturated carbocycles. The summed E-state index contributed by atoms with van der Waals surface area (Å²) in [4.78, 5) is 4.31. The normalized spacial score (nSPS) is 19.3. The van der Waals surface area contributed by atoms with Crippen molar-refractivity contribution in [3.63, 3.8) is 0 Å². The van der Waals surface area contributed by atoms with Gasteiger partial charge in [-0.1, -0.05) is 11.2 Å². The van der Waals surface area contributed by atoms with Gasteiger partial charge >= 0.3 is 0 Å². The van der Waals surface area contributed by atoms with Gasteiger partial charge in [-0.2, -0.15) is 4.98 Å². The third-order valence-electron chi connectivity index (χ3n) is 3.16. The predicted molar refractivity (Wildman–Crippen MR) is 62.6 cm³/mol. The number of rotatable bonds is 2. The standard InChI is InChI=1S/C13H13FN2O2/c1-8-2-3-9(6-11(8)14)13-15-12(16-18-13)10-4-5-17-7-10/h2-3,6,10H,4-5,7H2,1H3. The molecule has 0 radical (unpaired) electrons. The minimum Gasteiger partial charge on any atom is -0.381 e. The van der Waals surface area contributed by atoms with Crippen molar-refractivity contribution in [3.8, 4) is 11.5 Å². The summed E-state index contributed by atoms with van der Waals surface area (Å²) in [6.45, 7) is 3.07. The average Bonchev–Trinajstić information content (AvgIpc) is 3.01. The van der Waals surface area contributed by atoms with Gasteiger partial charge in [-0.05, 0) is 31.0 Å². The van der Waals surface area contributed by atoms with Crippen LogP contribution in [0, 0.1) is 12.7 Å². The number of aromatic nitrogens is 2. The summed E-state index contributed by atoms with van der Waals surface area (Å²) in [5, 5.41) is 3.94. The zero-order valence-corrected chi connectivity index (χ0v) is 10.0. The van der Waals surface area contributed by atoms with Gasteiger partial charge in [0.25, 0.3) is 5.89 Å². The zero-order chi connectivity index (χ0) is 12.5. The lowest BCUT2D eigenvalue weighted by molar-refractivity contribution is 0.192. The van der Waals surface area contributed by atoms with E-state index in [4.69, 9.17) is 9.26 Å². The van der Waals surface area contributed by atoms with Crippen molar-refractivity contribution in [2.75, 3.05) is 13.2 Å². The van der Waals surface area contributed by atoms with Crippen LogP contribution in [0.5, 0.6) is 0 Å². The summed E-state index contributed by atoms with van der Waals surface area (Å²) in [6.07, 6.45) is 0.904. The molecule has 1 aliphatic heterocycles. The van der Waals surface area contributed by atoms with E-state index in [0.717, 1.165) is 13.0 Å². The Labute approximate surface area is 104 Å². The first kappa shape index (κ1) is 11.3. The molecule has 1 aliphatic rings. The van der Waals surface area contributed by atoms with Crippen molar-refractivity contribution in [1.29, 1.82) is 0 Å². The number of aryl methyl sites for hydroxylation is 1. The molecule has 2 aromatic rings.